The number of fused-ring (bicyclic) bond motifs is 1. The number of benzene rings is 2. The number of halogens is 1. The molecule has 32 heavy (non-hydrogen) atoms. The second kappa shape index (κ2) is 9.70. The van der Waals surface area contributed by atoms with Crippen LogP contribution in [0.4, 0.5) is 11.5 Å². The number of thioether (sulfide) groups is 1. The molecule has 3 aromatic rings. The Morgan fingerprint density at radius 3 is 2.59 bits per heavy atom. The van der Waals surface area contributed by atoms with Crippen molar-refractivity contribution in [1.29, 1.82) is 0 Å². The van der Waals surface area contributed by atoms with Crippen molar-refractivity contribution in [3.8, 4) is 0 Å². The van der Waals surface area contributed by atoms with Gasteiger partial charge in [-0.3, -0.25) is 4.79 Å². The largest absolute Gasteiger partial charge is 0.340 e. The van der Waals surface area contributed by atoms with Crippen LogP contribution < -0.4 is 10.5 Å². The zero-order valence-electron chi connectivity index (χ0n) is 17.0. The number of nitrogens with one attached hydrogen (secondary N) is 1. The first kappa shape index (κ1) is 22.9. The molecule has 0 atom stereocenters. The van der Waals surface area contributed by atoms with E-state index in [4.69, 9.17) is 5.14 Å². The van der Waals surface area contributed by atoms with Gasteiger partial charge in [0.2, 0.25) is 10.0 Å². The third-order valence-corrected chi connectivity index (χ3v) is 7.37. The number of hydrogen-bond donors (Lipinski definition) is 2. The number of carbonyl (C=O) groups excluding carboxylic acids is 1. The van der Waals surface area contributed by atoms with E-state index in [0.29, 0.717) is 22.2 Å². The number of nitrogens with two attached hydrogens (primary N) is 1. The SMILES string of the molecule is NS(=O)(=O)c1cccc(Nc2nc(SCC(=O)c3ccc(Br)cc3)nc3c2CCCC3)c1. The predicted octanol–water partition coefficient (Wildman–Crippen LogP) is 4.48. The molecule has 0 saturated heterocycles. The van der Waals surface area contributed by atoms with Crippen LogP contribution in [0.2, 0.25) is 0 Å². The molecule has 7 nitrogen and oxygen atoms in total. The van der Waals surface area contributed by atoms with Crippen molar-refractivity contribution in [3.63, 3.8) is 0 Å². The third kappa shape index (κ3) is 5.55. The van der Waals surface area contributed by atoms with Gasteiger partial charge in [-0.15, -0.1) is 0 Å². The monoisotopic (exact) mass is 532 g/mol. The van der Waals surface area contributed by atoms with Gasteiger partial charge in [0.05, 0.1) is 16.3 Å². The van der Waals surface area contributed by atoms with E-state index >= 15 is 0 Å². The van der Waals surface area contributed by atoms with Crippen LogP contribution >= 0.6 is 27.7 Å². The van der Waals surface area contributed by atoms with Crippen LogP contribution in [0.1, 0.15) is 34.5 Å². The maximum absolute atomic E-state index is 12.5. The molecular formula is C22H21BrN4O3S2. The Morgan fingerprint density at radius 1 is 1.09 bits per heavy atom. The average Bonchev–Trinajstić information content (AvgIpc) is 2.77. The van der Waals surface area contributed by atoms with Crippen molar-refractivity contribution in [1.82, 2.24) is 9.97 Å². The first-order valence-electron chi connectivity index (χ1n) is 10.0. The van der Waals surface area contributed by atoms with Crippen LogP contribution in [0.3, 0.4) is 0 Å². The number of aryl methyl sites for hydroxylation is 1. The van der Waals surface area contributed by atoms with Crippen molar-refractivity contribution in [3.05, 3.63) is 69.8 Å². The van der Waals surface area contributed by atoms with Gasteiger partial charge in [-0.1, -0.05) is 45.9 Å². The molecule has 0 aliphatic heterocycles. The normalized spacial score (nSPS) is 13.4. The lowest BCUT2D eigenvalue weighted by molar-refractivity contribution is 0.102. The van der Waals surface area contributed by atoms with Crippen molar-refractivity contribution in [2.45, 2.75) is 35.7 Å². The number of primary sulfonamides is 1. The number of nitrogens with zero attached hydrogens (tertiary/aromatic N) is 2. The number of sulfonamides is 1. The highest BCUT2D eigenvalue weighted by molar-refractivity contribution is 9.10. The summed E-state index contributed by atoms with van der Waals surface area (Å²) in [5.74, 6) is 0.861. The Morgan fingerprint density at radius 2 is 1.84 bits per heavy atom. The topological polar surface area (TPSA) is 115 Å². The van der Waals surface area contributed by atoms with Gasteiger partial charge in [0.15, 0.2) is 10.9 Å². The van der Waals surface area contributed by atoms with Gasteiger partial charge in [-0.25, -0.2) is 23.5 Å². The number of aromatic nitrogens is 2. The quantitative estimate of drug-likeness (QED) is 0.261. The summed E-state index contributed by atoms with van der Waals surface area (Å²) in [6.07, 6.45) is 3.77. The molecule has 0 unspecified atom stereocenters. The van der Waals surface area contributed by atoms with Crippen molar-refractivity contribution < 1.29 is 13.2 Å². The zero-order chi connectivity index (χ0) is 22.7. The Bertz CT molecular complexity index is 1260. The number of carbonyl (C=O) groups is 1. The van der Waals surface area contributed by atoms with Crippen molar-refractivity contribution >= 4 is 55.0 Å². The molecule has 2 aromatic carbocycles. The highest BCUT2D eigenvalue weighted by Gasteiger charge is 2.19. The number of hydrogen-bond acceptors (Lipinski definition) is 7. The molecule has 10 heteroatoms. The minimum absolute atomic E-state index is 0.000756. The molecule has 0 fully saturated rings. The van der Waals surface area contributed by atoms with Crippen LogP contribution in [0, 0.1) is 0 Å². The Balaban J connectivity index is 1.58. The van der Waals surface area contributed by atoms with Crippen LogP contribution in [0.15, 0.2) is 63.1 Å². The molecule has 3 N–H and O–H groups in total. The highest BCUT2D eigenvalue weighted by Crippen LogP contribution is 2.30. The lowest BCUT2D eigenvalue weighted by atomic mass is 9.96. The molecule has 0 amide bonds. The molecule has 1 heterocycles. The number of Topliss-reactive ketones (excluding diaryl/α,β-unsaturated/α-hetero) is 1. The maximum atomic E-state index is 12.5. The summed E-state index contributed by atoms with van der Waals surface area (Å²) >= 11 is 4.66. The summed E-state index contributed by atoms with van der Waals surface area (Å²) in [4.78, 5) is 21.9. The predicted molar refractivity (Wildman–Crippen MR) is 129 cm³/mol. The Kier molecular flexibility index (Phi) is 6.94. The van der Waals surface area contributed by atoms with Crippen LogP contribution in [-0.2, 0) is 22.9 Å². The fourth-order valence-electron chi connectivity index (χ4n) is 3.48. The minimum atomic E-state index is -3.81. The molecule has 1 aliphatic carbocycles. The van der Waals surface area contributed by atoms with Gasteiger partial charge >= 0.3 is 0 Å². The smallest absolute Gasteiger partial charge is 0.238 e. The van der Waals surface area contributed by atoms with Crippen LogP contribution in [0.5, 0.6) is 0 Å². The summed E-state index contributed by atoms with van der Waals surface area (Å²) in [6, 6.07) is 13.6. The van der Waals surface area contributed by atoms with E-state index in [1.807, 2.05) is 12.1 Å². The van der Waals surface area contributed by atoms with Crippen LogP contribution in [-0.4, -0.2) is 29.9 Å². The van der Waals surface area contributed by atoms with Gasteiger partial charge < -0.3 is 5.32 Å². The summed E-state index contributed by atoms with van der Waals surface area (Å²) < 4.78 is 24.3. The molecule has 4 rings (SSSR count). The third-order valence-electron chi connectivity index (χ3n) is 5.09. The summed E-state index contributed by atoms with van der Waals surface area (Å²) in [6.45, 7) is 0. The Labute approximate surface area is 199 Å². The van der Waals surface area contributed by atoms with Gasteiger partial charge in [-0.05, 0) is 56.0 Å². The van der Waals surface area contributed by atoms with E-state index in [2.05, 4.69) is 31.2 Å². The molecule has 0 bridgehead atoms. The van der Waals surface area contributed by atoms with E-state index < -0.39 is 10.0 Å². The zero-order valence-corrected chi connectivity index (χ0v) is 20.3. The van der Waals surface area contributed by atoms with Gasteiger partial charge in [0.1, 0.15) is 5.82 Å². The fraction of sp³-hybridized carbons (Fsp3) is 0.227. The van der Waals surface area contributed by atoms with Gasteiger partial charge in [-0.2, -0.15) is 0 Å². The number of ketones is 1. The minimum Gasteiger partial charge on any atom is -0.340 e. The van der Waals surface area contributed by atoms with E-state index in [9.17, 15) is 13.2 Å². The summed E-state index contributed by atoms with van der Waals surface area (Å²) in [7, 11) is -3.81. The molecular weight excluding hydrogens is 512 g/mol. The molecule has 1 aliphatic rings. The molecule has 166 valence electrons. The second-order valence-corrected chi connectivity index (χ2v) is 10.8. The standard InChI is InChI=1S/C22H21BrN4O3S2/c23-15-10-8-14(9-11-15)20(28)13-31-22-26-19-7-2-1-6-18(19)21(27-22)25-16-4-3-5-17(12-16)32(24,29)30/h3-5,8-12H,1-2,6-7,13H2,(H2,24,29,30)(H,25,26,27). The fourth-order valence-corrected chi connectivity index (χ4v) is 5.06. The number of rotatable bonds is 7. The highest BCUT2D eigenvalue weighted by atomic mass is 79.9. The van der Waals surface area contributed by atoms with Gasteiger partial charge in [0, 0.05) is 21.3 Å². The Hall–Kier alpha value is -2.27. The van der Waals surface area contributed by atoms with Crippen molar-refractivity contribution in [2.75, 3.05) is 11.1 Å². The van der Waals surface area contributed by atoms with Crippen molar-refractivity contribution in [2.24, 2.45) is 5.14 Å². The van der Waals surface area contributed by atoms with E-state index in [1.54, 1.807) is 24.3 Å². The lowest BCUT2D eigenvalue weighted by Gasteiger charge is -2.20. The molecule has 1 aromatic heterocycles. The first-order chi connectivity index (χ1) is 15.3. The molecule has 0 spiro atoms. The maximum Gasteiger partial charge on any atom is 0.238 e. The summed E-state index contributed by atoms with van der Waals surface area (Å²) in [5, 5.41) is 9.01. The lowest BCUT2D eigenvalue weighted by Crippen LogP contribution is -2.14. The second-order valence-electron chi connectivity index (χ2n) is 7.40. The van der Waals surface area contributed by atoms with Crippen LogP contribution in [0.25, 0.3) is 0 Å². The number of anilines is 2. The molecule has 0 radical (unpaired) electrons. The molecule has 0 saturated carbocycles. The van der Waals surface area contributed by atoms with Gasteiger partial charge in [0.25, 0.3) is 0 Å². The average molecular weight is 533 g/mol. The van der Waals surface area contributed by atoms with E-state index in [1.165, 1.54) is 23.9 Å². The first-order valence-corrected chi connectivity index (χ1v) is 13.3. The van der Waals surface area contributed by atoms with E-state index in [-0.39, 0.29) is 16.4 Å². The summed E-state index contributed by atoms with van der Waals surface area (Å²) in [5.41, 5.74) is 3.21. The van der Waals surface area contributed by atoms with E-state index in [0.717, 1.165) is 41.4 Å².